The number of unbranched alkanes of at least 4 members (excludes halogenated alkanes) is 1. The van der Waals surface area contributed by atoms with Crippen molar-refractivity contribution in [2.24, 2.45) is 5.92 Å². The van der Waals surface area contributed by atoms with Gasteiger partial charge in [0.1, 0.15) is 5.82 Å². The van der Waals surface area contributed by atoms with Gasteiger partial charge in [0.05, 0.1) is 6.42 Å². The van der Waals surface area contributed by atoms with Crippen LogP contribution in [0.15, 0.2) is 58.4 Å². The minimum Gasteiger partial charge on any atom is -0.383 e. The Morgan fingerprint density at radius 1 is 1.12 bits per heavy atom. The summed E-state index contributed by atoms with van der Waals surface area (Å²) in [4.78, 5) is 42.2. The molecule has 8 nitrogen and oxygen atoms in total. The van der Waals surface area contributed by atoms with E-state index in [4.69, 9.17) is 5.73 Å². The highest BCUT2D eigenvalue weighted by Gasteiger charge is 2.24. The number of H-pyrrole nitrogens is 1. The molecule has 3 N–H and O–H groups in total. The van der Waals surface area contributed by atoms with Crippen molar-refractivity contribution in [2.45, 2.75) is 53.0 Å². The van der Waals surface area contributed by atoms with E-state index in [2.05, 4.69) is 18.8 Å². The molecule has 0 atom stereocenters. The molecule has 0 saturated carbocycles. The molecule has 8 heteroatoms. The van der Waals surface area contributed by atoms with Gasteiger partial charge in [0, 0.05) is 31.2 Å². The maximum absolute atomic E-state index is 13.4. The molecule has 0 aliphatic carbocycles. The van der Waals surface area contributed by atoms with E-state index in [1.54, 1.807) is 0 Å². The summed E-state index contributed by atoms with van der Waals surface area (Å²) in [5.41, 5.74) is 6.99. The van der Waals surface area contributed by atoms with Crippen LogP contribution in [0.2, 0.25) is 0 Å². The van der Waals surface area contributed by atoms with Gasteiger partial charge in [-0.15, -0.1) is 0 Å². The third kappa shape index (κ3) is 5.83. The van der Waals surface area contributed by atoms with Gasteiger partial charge in [0.15, 0.2) is 5.69 Å². The van der Waals surface area contributed by atoms with Crippen molar-refractivity contribution in [3.8, 4) is 5.69 Å². The summed E-state index contributed by atoms with van der Waals surface area (Å²) in [6, 6.07) is 11.6. The molecule has 0 aliphatic rings. The number of carbonyl (C=O) groups is 1. The van der Waals surface area contributed by atoms with Crippen molar-refractivity contribution in [1.29, 1.82) is 0 Å². The van der Waals surface area contributed by atoms with Crippen molar-refractivity contribution in [2.75, 3.05) is 17.2 Å². The van der Waals surface area contributed by atoms with Crippen LogP contribution >= 0.6 is 0 Å². The number of aromatic nitrogens is 3. The van der Waals surface area contributed by atoms with Gasteiger partial charge >= 0.3 is 5.69 Å². The van der Waals surface area contributed by atoms with E-state index in [1.807, 2.05) is 60.3 Å². The van der Waals surface area contributed by atoms with Crippen molar-refractivity contribution in [1.82, 2.24) is 14.1 Å². The number of nitrogens with two attached hydrogens (primary N) is 1. The van der Waals surface area contributed by atoms with E-state index in [1.165, 1.54) is 9.47 Å². The van der Waals surface area contributed by atoms with E-state index in [0.29, 0.717) is 25.4 Å². The molecule has 1 aromatic carbocycles. The molecule has 0 radical (unpaired) electrons. The van der Waals surface area contributed by atoms with Gasteiger partial charge in [-0.2, -0.15) is 0 Å². The molecule has 0 aliphatic heterocycles. The summed E-state index contributed by atoms with van der Waals surface area (Å²) >= 11 is 0. The predicted octanol–water partition coefficient (Wildman–Crippen LogP) is 3.33. The molecule has 0 unspecified atom stereocenters. The smallest absolute Gasteiger partial charge is 0.330 e. The van der Waals surface area contributed by atoms with E-state index in [-0.39, 0.29) is 23.8 Å². The largest absolute Gasteiger partial charge is 0.383 e. The Morgan fingerprint density at radius 2 is 1.79 bits per heavy atom. The van der Waals surface area contributed by atoms with Gasteiger partial charge in [0.25, 0.3) is 5.56 Å². The van der Waals surface area contributed by atoms with Crippen LogP contribution in [0.3, 0.4) is 0 Å². The van der Waals surface area contributed by atoms with Crippen molar-refractivity contribution in [3.05, 3.63) is 75.2 Å². The molecule has 2 heterocycles. The summed E-state index contributed by atoms with van der Waals surface area (Å²) in [5.74, 6) is 0.131. The summed E-state index contributed by atoms with van der Waals surface area (Å²) in [7, 11) is 0. The number of rotatable bonds is 10. The first kappa shape index (κ1) is 24.1. The number of nitrogen functional groups attached to an aromatic ring is 1. The highest BCUT2D eigenvalue weighted by Crippen LogP contribution is 2.20. The maximum Gasteiger partial charge on any atom is 0.330 e. The van der Waals surface area contributed by atoms with E-state index in [9.17, 15) is 14.4 Å². The Balaban J connectivity index is 1.92. The van der Waals surface area contributed by atoms with Crippen LogP contribution < -0.4 is 21.9 Å². The summed E-state index contributed by atoms with van der Waals surface area (Å²) in [6.07, 6.45) is 6.34. The topological polar surface area (TPSA) is 106 Å². The molecule has 2 aromatic heterocycles. The highest BCUT2D eigenvalue weighted by molar-refractivity contribution is 5.96. The fourth-order valence-corrected chi connectivity index (χ4v) is 3.69. The molecule has 1 amide bonds. The number of hydrogen-bond acceptors (Lipinski definition) is 4. The molecule has 33 heavy (non-hydrogen) atoms. The van der Waals surface area contributed by atoms with Gasteiger partial charge in [-0.05, 0) is 48.6 Å². The summed E-state index contributed by atoms with van der Waals surface area (Å²) in [6.45, 7) is 6.85. The average Bonchev–Trinajstić information content (AvgIpc) is 3.31. The first-order valence-corrected chi connectivity index (χ1v) is 11.5. The maximum atomic E-state index is 13.4. The Bertz CT molecular complexity index is 1170. The fourth-order valence-electron chi connectivity index (χ4n) is 3.69. The fraction of sp³-hybridized carbons (Fsp3) is 0.400. The van der Waals surface area contributed by atoms with Crippen molar-refractivity contribution in [3.63, 3.8) is 0 Å². The van der Waals surface area contributed by atoms with Crippen LogP contribution in [0.5, 0.6) is 0 Å². The zero-order valence-corrected chi connectivity index (χ0v) is 19.6. The minimum atomic E-state index is -0.634. The lowest BCUT2D eigenvalue weighted by molar-refractivity contribution is -0.118. The van der Waals surface area contributed by atoms with Gasteiger partial charge in [-0.3, -0.25) is 19.1 Å². The second-order valence-corrected chi connectivity index (χ2v) is 8.66. The molecule has 3 aromatic rings. The Labute approximate surface area is 193 Å². The number of aromatic amines is 1. The van der Waals surface area contributed by atoms with Gasteiger partial charge < -0.3 is 15.2 Å². The summed E-state index contributed by atoms with van der Waals surface area (Å²) < 4.78 is 3.34. The van der Waals surface area contributed by atoms with Crippen LogP contribution in [-0.2, 0) is 17.8 Å². The van der Waals surface area contributed by atoms with Crippen LogP contribution in [0, 0.1) is 5.92 Å². The molecule has 0 bridgehead atoms. The number of nitrogens with zero attached hydrogens (tertiary/aromatic N) is 3. The first-order chi connectivity index (χ1) is 15.8. The minimum absolute atomic E-state index is 0.0391. The quantitative estimate of drug-likeness (QED) is 0.493. The third-order valence-electron chi connectivity index (χ3n) is 5.64. The van der Waals surface area contributed by atoms with Gasteiger partial charge in [0.2, 0.25) is 5.91 Å². The van der Waals surface area contributed by atoms with Crippen LogP contribution in [0.4, 0.5) is 11.5 Å². The molecule has 3 rings (SSSR count). The molecule has 0 saturated heterocycles. The van der Waals surface area contributed by atoms with E-state index in [0.717, 1.165) is 24.1 Å². The lowest BCUT2D eigenvalue weighted by Crippen LogP contribution is -2.42. The first-order valence-electron chi connectivity index (χ1n) is 11.5. The third-order valence-corrected chi connectivity index (χ3v) is 5.64. The number of nitrogens with one attached hydrogen (secondary N) is 1. The number of anilines is 2. The second kappa shape index (κ2) is 10.8. The normalized spacial score (nSPS) is 11.2. The SMILES string of the molecule is CCCCn1c(N)c(N(CCC(C)C)C(=O)Cc2ccc(-n3cccc3)cc2)c(=O)[nH]c1=O. The zero-order chi connectivity index (χ0) is 24.0. The van der Waals surface area contributed by atoms with E-state index >= 15 is 0 Å². The Hall–Kier alpha value is -3.55. The lowest BCUT2D eigenvalue weighted by atomic mass is 10.1. The second-order valence-electron chi connectivity index (χ2n) is 8.66. The zero-order valence-electron chi connectivity index (χ0n) is 19.6. The number of amides is 1. The number of benzene rings is 1. The van der Waals surface area contributed by atoms with Crippen LogP contribution in [-0.4, -0.2) is 26.6 Å². The number of hydrogen-bond donors (Lipinski definition) is 2. The monoisotopic (exact) mass is 451 g/mol. The molecule has 0 spiro atoms. The summed E-state index contributed by atoms with van der Waals surface area (Å²) in [5, 5.41) is 0. The van der Waals surface area contributed by atoms with Crippen molar-refractivity contribution < 1.29 is 4.79 Å². The number of carbonyl (C=O) groups excluding carboxylic acids is 1. The Kier molecular flexibility index (Phi) is 7.92. The standard InChI is InChI=1S/C25H33N5O3/c1-4-5-15-30-23(26)22(24(32)27-25(30)33)29(16-12-18(2)3)21(31)17-19-8-10-20(11-9-19)28-13-6-7-14-28/h6-11,13-14,18H,4-5,12,15-17,26H2,1-3H3,(H,27,32,33). The average molecular weight is 452 g/mol. The van der Waals surface area contributed by atoms with Gasteiger partial charge in [-0.1, -0.05) is 39.3 Å². The van der Waals surface area contributed by atoms with Crippen LogP contribution in [0.25, 0.3) is 5.69 Å². The van der Waals surface area contributed by atoms with E-state index < -0.39 is 11.2 Å². The molecule has 176 valence electrons. The Morgan fingerprint density at radius 3 is 2.39 bits per heavy atom. The van der Waals surface area contributed by atoms with Crippen molar-refractivity contribution >= 4 is 17.4 Å². The molecular formula is C25H33N5O3. The predicted molar refractivity (Wildman–Crippen MR) is 132 cm³/mol. The lowest BCUT2D eigenvalue weighted by Gasteiger charge is -2.25. The van der Waals surface area contributed by atoms with Crippen LogP contribution in [0.1, 0.15) is 45.6 Å². The molecular weight excluding hydrogens is 418 g/mol. The van der Waals surface area contributed by atoms with Gasteiger partial charge in [-0.25, -0.2) is 4.79 Å². The molecule has 0 fully saturated rings. The highest BCUT2D eigenvalue weighted by atomic mass is 16.2.